The van der Waals surface area contributed by atoms with Crippen molar-refractivity contribution in [1.82, 2.24) is 20.0 Å². The number of nitrogens with zero attached hydrogens (tertiary/aromatic N) is 6. The molecule has 116 heavy (non-hydrogen) atoms. The van der Waals surface area contributed by atoms with E-state index in [9.17, 15) is 14.4 Å². The molecule has 3 heterocycles. The van der Waals surface area contributed by atoms with Crippen molar-refractivity contribution in [3.8, 4) is 80.4 Å². The van der Waals surface area contributed by atoms with Crippen LogP contribution in [0.25, 0.3) is 22.3 Å². The molecule has 0 amide bonds. The zero-order valence-electron chi connectivity index (χ0n) is 66.2. The first-order chi connectivity index (χ1) is 51.8. The summed E-state index contributed by atoms with van der Waals surface area (Å²) in [5, 5.41) is 56.9. The van der Waals surface area contributed by atoms with Gasteiger partial charge in [-0.25, -0.2) is 0 Å². The molecule has 0 bridgehead atoms. The number of nitrogens with one attached hydrogen (secondary N) is 1. The Morgan fingerprint density at radius 3 is 1.31 bits per heavy atom. The Morgan fingerprint density at radius 2 is 0.914 bits per heavy atom. The third-order valence-electron chi connectivity index (χ3n) is 14.1. The number of aromatic amines is 1. The van der Waals surface area contributed by atoms with E-state index in [1.165, 1.54) is 51.0 Å². The number of H-pyrrole nitrogens is 1. The molecule has 11 rings (SSSR count). The van der Waals surface area contributed by atoms with E-state index >= 15 is 0 Å². The van der Waals surface area contributed by atoms with E-state index in [0.29, 0.717) is 118 Å². The molecule has 1 aliphatic rings. The quantitative estimate of drug-likeness (QED) is 0.0302. The van der Waals surface area contributed by atoms with Gasteiger partial charge in [0.25, 0.3) is 0 Å². The van der Waals surface area contributed by atoms with Gasteiger partial charge in [0.15, 0.2) is 12.6 Å². The number of nitriles is 2. The Morgan fingerprint density at radius 1 is 0.543 bits per heavy atom. The number of fused-ring (bicyclic) bond motifs is 1. The van der Waals surface area contributed by atoms with Crippen molar-refractivity contribution in [3.63, 3.8) is 0 Å². The van der Waals surface area contributed by atoms with Crippen LogP contribution in [0.4, 0.5) is 5.82 Å². The molecule has 38 heteroatoms. The monoisotopic (exact) mass is 1990 g/mol. The predicted molar refractivity (Wildman–Crippen MR) is 472 cm³/mol. The van der Waals surface area contributed by atoms with Gasteiger partial charge >= 0.3 is 121 Å². The Bertz CT molecular complexity index is 4570. The summed E-state index contributed by atoms with van der Waals surface area (Å²) in [7, 11) is 11.0. The number of methoxy groups -OCH3 is 7. The number of nitrogen functional groups attached to an aromatic ring is 1. The van der Waals surface area contributed by atoms with Crippen molar-refractivity contribution >= 4 is 188 Å². The molecule has 3 radical (unpaired) electrons. The van der Waals surface area contributed by atoms with Gasteiger partial charge in [-0.15, -0.1) is 58.9 Å². The van der Waals surface area contributed by atoms with Gasteiger partial charge in [0.05, 0.1) is 104 Å². The molecule has 1 atom stereocenters. The van der Waals surface area contributed by atoms with Gasteiger partial charge in [0, 0.05) is 105 Å². The number of phenols is 1. The summed E-state index contributed by atoms with van der Waals surface area (Å²) < 4.78 is 38.0. The normalized spacial score (nSPS) is 9.66. The topological polar surface area (TPSA) is 300 Å². The zero-order chi connectivity index (χ0) is 80.8. The van der Waals surface area contributed by atoms with Crippen LogP contribution in [0, 0.1) is 34.5 Å². The molecule has 0 aliphatic carbocycles. The summed E-state index contributed by atoms with van der Waals surface area (Å²) in [6.07, 6.45) is 9.23. The number of aldehydes is 3. The number of aryl methyl sites for hydroxylation is 1. The molecule has 8 aromatic carbocycles. The minimum absolute atomic E-state index is 0. The summed E-state index contributed by atoms with van der Waals surface area (Å²) in [6, 6.07) is 44.7. The molecule has 2 aromatic heterocycles. The van der Waals surface area contributed by atoms with Crippen LogP contribution >= 0.6 is 152 Å². The van der Waals surface area contributed by atoms with Crippen LogP contribution in [0.3, 0.4) is 0 Å². The van der Waals surface area contributed by atoms with Crippen molar-refractivity contribution in [2.45, 2.75) is 72.9 Å². The Balaban J connectivity index is -0.000000140. The maximum Gasteiger partial charge on any atom is 1.00 e. The van der Waals surface area contributed by atoms with Gasteiger partial charge in [-0.2, -0.15) is 20.7 Å². The Kier molecular flexibility index (Phi) is 77.2. The third kappa shape index (κ3) is 44.7. The number of carbonyl (C=O) groups is 3. The predicted octanol–water partition coefficient (Wildman–Crippen LogP) is 11.5. The molecule has 5 N–H and O–H groups in total. The molecule has 0 saturated heterocycles. The number of halogens is 12. The van der Waals surface area contributed by atoms with E-state index in [1.54, 1.807) is 151 Å². The third-order valence-corrected chi connectivity index (χ3v) is 16.3. The fraction of sp³-hybridized carbons (Fsp3) is 0.231. The van der Waals surface area contributed by atoms with Crippen molar-refractivity contribution in [2.24, 2.45) is 0 Å². The van der Waals surface area contributed by atoms with Crippen LogP contribution in [0.5, 0.6) is 46.0 Å². The smallest absolute Gasteiger partial charge is 1.00 e. The number of nitrogens with two attached hydrogens (primary N) is 1. The molecule has 603 valence electrons. The average molecular weight is 2000 g/mol. The molecule has 20 nitrogen and oxygen atoms in total. The van der Waals surface area contributed by atoms with E-state index in [4.69, 9.17) is 176 Å². The number of rotatable bonds is 16. The summed E-state index contributed by atoms with van der Waals surface area (Å²) in [4.78, 5) is 31.2. The number of aromatic nitrogens is 4. The molecule has 0 spiro atoms. The number of ether oxygens (including phenoxy) is 7. The fourth-order valence-corrected chi connectivity index (χ4v) is 10.8. The standard InChI is InChI=1S/C14H15ClN2O.C10H10ClN3O.C10H8ClNO2.C9H8ClNO.C8H8Cl2O.C8H9ClO2.C8H7ClO2.C7H5ClO2.CN.3CH4.BBr3.B.4Na.3H/c1-18-14-6-5-10(15)8-11(14)12-9-16-17-7-3-2-4-13(12)17;1-15-9-3-2-6(11)4-7(9)8-5-13-14-10(8)12;1-14-10-3-2-8(11)4-9(10)7(5-12)6-13;1-12-9-3-2-8(10)6-7(9)4-5-11;1-11-8-3-2-7(10)4-6(8)5-9;2*1-11-8-3-2-7(9)4-6(8)5-10;8-6-1-2-7(10)5(3-6)4-9;1-2;;;;2-1(3)4;;;;;;;;/h5-6,8-9H,2-4,7H2,1H3;2-5H,1H3,(H3,12,13,14);2-4,6-7H,1H3;2-3,6H,4H2,1H3;2-4H,5H2,1H3;2-4,10H,5H2,1H3;2-5H,1H3;1-4,10H;;3*1H4;;;;;;;;;/q;;;;;;;;-1;;;;;;4*+1;3*-1. The first-order valence-corrected chi connectivity index (χ1v) is 37.2. The fourth-order valence-electron chi connectivity index (χ4n) is 9.17. The van der Waals surface area contributed by atoms with Gasteiger partial charge in [-0.3, -0.25) is 19.4 Å². The summed E-state index contributed by atoms with van der Waals surface area (Å²) >= 11 is 61.0. The maximum absolute atomic E-state index is 10.6. The number of alkyl halides is 1. The summed E-state index contributed by atoms with van der Waals surface area (Å²) in [5.74, 6) is 4.80. The van der Waals surface area contributed by atoms with Crippen LogP contribution in [0.1, 0.15) is 94.0 Å². The van der Waals surface area contributed by atoms with Crippen molar-refractivity contribution in [1.29, 1.82) is 15.8 Å². The van der Waals surface area contributed by atoms with Gasteiger partial charge in [0.1, 0.15) is 64.0 Å². The van der Waals surface area contributed by atoms with Crippen LogP contribution in [-0.4, -0.2) is 110 Å². The minimum Gasteiger partial charge on any atom is -1.00 e. The number of aliphatic hydroxyl groups is 1. The number of aliphatic hydroxyl groups excluding tert-OH is 1. The van der Waals surface area contributed by atoms with Crippen LogP contribution in [0.2, 0.25) is 40.2 Å². The molecular weight excluding hydrogens is 1910 g/mol. The summed E-state index contributed by atoms with van der Waals surface area (Å²) in [5.41, 5.74) is 14.5. The SMILES string of the molecule is BrB(Br)Br.C.C.C.COc1ccc(Cl)cc1-c1cn[nH]c1N.COc1ccc(Cl)cc1-c1cnn2c1CCCC2.COc1ccc(Cl)cc1C(C#N)C=O.COc1ccc(Cl)cc1C=O.COc1ccc(Cl)cc1CC#N.COc1ccc(Cl)cc1CCl.COc1ccc(Cl)cc1CO.O=Cc1cc(Cl)ccc1O.[B].[C-]#N.[H-].[H-].[H-].[Na+].[Na+].[Na+].[Na+]. The molecule has 1 unspecified atom stereocenters. The second kappa shape index (κ2) is 71.6. The van der Waals surface area contributed by atoms with E-state index in [0.717, 1.165) is 62.9 Å². The number of benzene rings is 8. The maximum atomic E-state index is 10.6. The van der Waals surface area contributed by atoms with Crippen LogP contribution in [0.15, 0.2) is 158 Å². The van der Waals surface area contributed by atoms with Crippen molar-refractivity contribution in [2.75, 3.05) is 55.5 Å². The zero-order valence-corrected chi connectivity index (χ0v) is 82.8. The van der Waals surface area contributed by atoms with Crippen molar-refractivity contribution < 1.29 is 180 Å². The molecular formula is C78H85B2Br3Cl9N8Na4O12. The molecule has 0 saturated carbocycles. The van der Waals surface area contributed by atoms with E-state index in [-0.39, 0.29) is 174 Å². The Labute approximate surface area is 845 Å². The number of phenolic OH excluding ortho intramolecular Hbond substituents is 1. The summed E-state index contributed by atoms with van der Waals surface area (Å²) in [6.45, 7) is 5.71. The number of aromatic hydroxyl groups is 1. The largest absolute Gasteiger partial charge is 1.00 e. The van der Waals surface area contributed by atoms with Crippen LogP contribution in [-0.2, 0) is 36.7 Å². The number of anilines is 1. The number of carbonyl (C=O) groups excluding carboxylic acids is 3. The van der Waals surface area contributed by atoms with Gasteiger partial charge in [-0.05, 0) is 165 Å². The van der Waals surface area contributed by atoms with E-state index < -0.39 is 5.92 Å². The molecule has 10 aromatic rings. The average Bonchev–Trinajstić information content (AvgIpc) is 1.66. The first kappa shape index (κ1) is 125. The number of hydrogen-bond acceptors (Lipinski definition) is 18. The van der Waals surface area contributed by atoms with Gasteiger partial charge in [0.2, 0.25) is 0 Å². The second-order valence-electron chi connectivity index (χ2n) is 20.8. The van der Waals surface area contributed by atoms with Gasteiger partial charge in [-0.1, -0.05) is 115 Å². The van der Waals surface area contributed by atoms with Gasteiger partial charge < -0.3 is 70.0 Å². The van der Waals surface area contributed by atoms with Crippen molar-refractivity contribution in [3.05, 3.63) is 244 Å². The number of hydrogen-bond donors (Lipinski definition) is 4. The second-order valence-corrected chi connectivity index (χ2v) is 31.0. The van der Waals surface area contributed by atoms with Crippen LogP contribution < -0.4 is 157 Å². The van der Waals surface area contributed by atoms with E-state index in [2.05, 4.69) is 67.2 Å². The minimum atomic E-state index is -0.830. The van der Waals surface area contributed by atoms with E-state index in [1.807, 2.05) is 36.5 Å². The molecule has 1 aliphatic heterocycles. The first-order valence-electron chi connectivity index (χ1n) is 30.9. The molecule has 0 fully saturated rings. The Hall–Kier alpha value is -4.00.